The number of hydrogen-bond acceptors (Lipinski definition) is 4. The van der Waals surface area contributed by atoms with E-state index < -0.39 is 0 Å². The molecule has 0 unspecified atom stereocenters. The fourth-order valence-corrected chi connectivity index (χ4v) is 0.855. The number of aryl methyl sites for hydroxylation is 2. The van der Waals surface area contributed by atoms with Gasteiger partial charge in [0.05, 0.1) is 17.6 Å². The predicted molar refractivity (Wildman–Crippen MR) is 49.4 cm³/mol. The molecule has 0 atom stereocenters. The Hall–Kier alpha value is -1.45. The lowest BCUT2D eigenvalue weighted by Crippen LogP contribution is -2.04. The summed E-state index contributed by atoms with van der Waals surface area (Å²) in [6.07, 6.45) is 1.61. The Morgan fingerprint density at radius 3 is 2.42 bits per heavy atom. The van der Waals surface area contributed by atoms with Crippen LogP contribution in [-0.4, -0.2) is 23.2 Å². The van der Waals surface area contributed by atoms with Crippen molar-refractivity contribution in [1.82, 2.24) is 9.97 Å². The maximum atomic E-state index is 5.61. The molecule has 64 valence electrons. The molecule has 1 rings (SSSR count). The number of nitrogens with two attached hydrogens (primary N) is 1. The maximum Gasteiger partial charge on any atom is 0.151 e. The zero-order valence-electron chi connectivity index (χ0n) is 7.50. The minimum Gasteiger partial charge on any atom is -0.382 e. The Kier molecular flexibility index (Phi) is 2.38. The van der Waals surface area contributed by atoms with Crippen molar-refractivity contribution in [2.45, 2.75) is 13.8 Å². The molecule has 0 saturated carbocycles. The van der Waals surface area contributed by atoms with Gasteiger partial charge < -0.3 is 5.73 Å². The number of anilines is 1. The first-order valence-corrected chi connectivity index (χ1v) is 3.68. The van der Waals surface area contributed by atoms with E-state index in [-0.39, 0.29) is 0 Å². The topological polar surface area (TPSA) is 64.2 Å². The van der Waals surface area contributed by atoms with Crippen molar-refractivity contribution in [3.05, 3.63) is 17.1 Å². The molecular formula is C8H12N4. The molecule has 0 aliphatic carbocycles. The first kappa shape index (κ1) is 8.64. The lowest BCUT2D eigenvalue weighted by Gasteiger charge is -2.02. The fourth-order valence-electron chi connectivity index (χ4n) is 0.855. The summed E-state index contributed by atoms with van der Waals surface area (Å²) >= 11 is 0. The van der Waals surface area contributed by atoms with E-state index in [1.807, 2.05) is 13.8 Å². The summed E-state index contributed by atoms with van der Waals surface area (Å²) in [6.45, 7) is 3.78. The third-order valence-electron chi connectivity index (χ3n) is 1.61. The summed E-state index contributed by atoms with van der Waals surface area (Å²) in [5.74, 6) is 0.434. The second-order valence-electron chi connectivity index (χ2n) is 2.55. The molecule has 12 heavy (non-hydrogen) atoms. The number of aromatic nitrogens is 2. The summed E-state index contributed by atoms with van der Waals surface area (Å²) in [5, 5.41) is 0. The average Bonchev–Trinajstić information content (AvgIpc) is 2.01. The number of nitrogen functional groups attached to an aromatic ring is 1. The second kappa shape index (κ2) is 3.30. The van der Waals surface area contributed by atoms with Gasteiger partial charge in [0.25, 0.3) is 0 Å². The van der Waals surface area contributed by atoms with Crippen molar-refractivity contribution < 1.29 is 0 Å². The van der Waals surface area contributed by atoms with E-state index in [0.717, 1.165) is 11.4 Å². The molecule has 0 aliphatic heterocycles. The molecule has 1 aromatic rings. The smallest absolute Gasteiger partial charge is 0.151 e. The molecular weight excluding hydrogens is 152 g/mol. The predicted octanol–water partition coefficient (Wildman–Crippen LogP) is 0.724. The first-order chi connectivity index (χ1) is 5.65. The molecule has 1 aromatic heterocycles. The van der Waals surface area contributed by atoms with Crippen molar-refractivity contribution in [3.63, 3.8) is 0 Å². The molecule has 0 aromatic carbocycles. The van der Waals surface area contributed by atoms with Crippen molar-refractivity contribution in [2.75, 3.05) is 12.8 Å². The van der Waals surface area contributed by atoms with E-state index in [4.69, 9.17) is 5.73 Å². The van der Waals surface area contributed by atoms with Gasteiger partial charge in [-0.15, -0.1) is 0 Å². The molecule has 0 spiro atoms. The van der Waals surface area contributed by atoms with E-state index in [1.165, 1.54) is 0 Å². The second-order valence-corrected chi connectivity index (χ2v) is 2.55. The monoisotopic (exact) mass is 164 g/mol. The van der Waals surface area contributed by atoms with Crippen LogP contribution < -0.4 is 5.73 Å². The highest BCUT2D eigenvalue weighted by Gasteiger charge is 2.02. The van der Waals surface area contributed by atoms with E-state index >= 15 is 0 Å². The quantitative estimate of drug-likeness (QED) is 0.622. The van der Waals surface area contributed by atoms with Crippen LogP contribution in [0.4, 0.5) is 5.82 Å². The molecule has 0 aliphatic rings. The van der Waals surface area contributed by atoms with Crippen LogP contribution in [0.25, 0.3) is 0 Å². The van der Waals surface area contributed by atoms with E-state index in [9.17, 15) is 0 Å². The number of rotatable bonds is 1. The van der Waals surface area contributed by atoms with Crippen LogP contribution in [-0.2, 0) is 0 Å². The van der Waals surface area contributed by atoms with Crippen LogP contribution in [0.15, 0.2) is 4.99 Å². The summed E-state index contributed by atoms with van der Waals surface area (Å²) in [6, 6.07) is 0. The number of nitrogens with zero attached hydrogens (tertiary/aromatic N) is 3. The Labute approximate surface area is 71.6 Å². The largest absolute Gasteiger partial charge is 0.382 e. The Balaban J connectivity index is 3.23. The van der Waals surface area contributed by atoms with Gasteiger partial charge in [0.2, 0.25) is 0 Å². The van der Waals surface area contributed by atoms with Gasteiger partial charge in [0.15, 0.2) is 5.82 Å². The van der Waals surface area contributed by atoms with Gasteiger partial charge >= 0.3 is 0 Å². The van der Waals surface area contributed by atoms with Crippen molar-refractivity contribution in [3.8, 4) is 0 Å². The van der Waals surface area contributed by atoms with Crippen molar-refractivity contribution in [2.24, 2.45) is 4.99 Å². The van der Waals surface area contributed by atoms with Crippen molar-refractivity contribution in [1.29, 1.82) is 0 Å². The van der Waals surface area contributed by atoms with E-state index in [0.29, 0.717) is 11.5 Å². The highest BCUT2D eigenvalue weighted by Crippen LogP contribution is 2.06. The van der Waals surface area contributed by atoms with Gasteiger partial charge in [-0.2, -0.15) is 0 Å². The van der Waals surface area contributed by atoms with Crippen LogP contribution >= 0.6 is 0 Å². The molecule has 1 heterocycles. The van der Waals surface area contributed by atoms with Crippen LogP contribution in [0.2, 0.25) is 0 Å². The molecule has 0 bridgehead atoms. The molecule has 0 radical (unpaired) electrons. The third kappa shape index (κ3) is 1.58. The van der Waals surface area contributed by atoms with Gasteiger partial charge in [-0.05, 0) is 13.8 Å². The third-order valence-corrected chi connectivity index (χ3v) is 1.61. The lowest BCUT2D eigenvalue weighted by molar-refractivity contribution is 1.05. The molecule has 4 nitrogen and oxygen atoms in total. The van der Waals surface area contributed by atoms with E-state index in [1.54, 1.807) is 13.3 Å². The van der Waals surface area contributed by atoms with Gasteiger partial charge in [-0.25, -0.2) is 9.97 Å². The zero-order valence-corrected chi connectivity index (χ0v) is 7.50. The van der Waals surface area contributed by atoms with Gasteiger partial charge in [0, 0.05) is 7.05 Å². The molecule has 0 fully saturated rings. The number of aliphatic imine (C=N–C) groups is 1. The fraction of sp³-hybridized carbons (Fsp3) is 0.375. The molecule has 2 N–H and O–H groups in total. The number of hydrogen-bond donors (Lipinski definition) is 1. The van der Waals surface area contributed by atoms with Crippen molar-refractivity contribution >= 4 is 12.0 Å². The van der Waals surface area contributed by atoms with Gasteiger partial charge in [-0.1, -0.05) is 0 Å². The summed E-state index contributed by atoms with van der Waals surface area (Å²) < 4.78 is 0. The normalized spacial score (nSPS) is 10.9. The molecule has 0 saturated heterocycles. The van der Waals surface area contributed by atoms with Crippen LogP contribution in [0, 0.1) is 13.8 Å². The van der Waals surface area contributed by atoms with Crippen LogP contribution in [0.1, 0.15) is 17.1 Å². The summed E-state index contributed by atoms with van der Waals surface area (Å²) in [4.78, 5) is 12.2. The standard InChI is InChI=1S/C8H12N4/c1-5-6(2)12-8(9)7(11-5)4-10-3/h4H,1-3H3,(H2,9,12). The van der Waals surface area contributed by atoms with Crippen LogP contribution in [0.5, 0.6) is 0 Å². The first-order valence-electron chi connectivity index (χ1n) is 3.68. The highest BCUT2D eigenvalue weighted by atomic mass is 14.9. The van der Waals surface area contributed by atoms with Gasteiger partial charge in [-0.3, -0.25) is 4.99 Å². The Bertz CT molecular complexity index is 317. The SMILES string of the molecule is CN=Cc1nc(C)c(C)nc1N. The Morgan fingerprint density at radius 1 is 1.25 bits per heavy atom. The summed E-state index contributed by atoms with van der Waals surface area (Å²) in [5.41, 5.74) is 8.00. The minimum absolute atomic E-state index is 0.434. The maximum absolute atomic E-state index is 5.61. The van der Waals surface area contributed by atoms with Crippen LogP contribution in [0.3, 0.4) is 0 Å². The molecule has 4 heteroatoms. The zero-order chi connectivity index (χ0) is 9.14. The van der Waals surface area contributed by atoms with E-state index in [2.05, 4.69) is 15.0 Å². The summed E-state index contributed by atoms with van der Waals surface area (Å²) in [7, 11) is 1.68. The highest BCUT2D eigenvalue weighted by molar-refractivity contribution is 5.82. The minimum atomic E-state index is 0.434. The average molecular weight is 164 g/mol. The molecule has 0 amide bonds. The lowest BCUT2D eigenvalue weighted by atomic mass is 10.3. The van der Waals surface area contributed by atoms with Gasteiger partial charge in [0.1, 0.15) is 5.69 Å². The Morgan fingerprint density at radius 2 is 1.83 bits per heavy atom.